The van der Waals surface area contributed by atoms with Crippen molar-refractivity contribution in [1.82, 2.24) is 9.62 Å². The summed E-state index contributed by atoms with van der Waals surface area (Å²) in [5, 5.41) is 2.73. The molecule has 3 heterocycles. The number of sulfonamides is 1. The highest BCUT2D eigenvalue weighted by Gasteiger charge is 2.45. The second kappa shape index (κ2) is 7.00. The van der Waals surface area contributed by atoms with Crippen molar-refractivity contribution in [3.63, 3.8) is 0 Å². The van der Waals surface area contributed by atoms with Crippen LogP contribution in [-0.2, 0) is 19.6 Å². The van der Waals surface area contributed by atoms with E-state index in [-0.39, 0.29) is 23.3 Å². The van der Waals surface area contributed by atoms with Crippen LogP contribution in [0, 0.1) is 12.3 Å². The third-order valence-electron chi connectivity index (χ3n) is 6.04. The summed E-state index contributed by atoms with van der Waals surface area (Å²) >= 11 is 0. The summed E-state index contributed by atoms with van der Waals surface area (Å²) in [7, 11) is -3.77. The van der Waals surface area contributed by atoms with Gasteiger partial charge in [-0.1, -0.05) is 12.1 Å². The number of benzene rings is 1. The Kier molecular flexibility index (Phi) is 4.79. The highest BCUT2D eigenvalue weighted by atomic mass is 32.2. The summed E-state index contributed by atoms with van der Waals surface area (Å²) < 4.78 is 28.4. The van der Waals surface area contributed by atoms with Crippen LogP contribution in [0.25, 0.3) is 0 Å². The number of hydrogen-bond acceptors (Lipinski definition) is 4. The predicted octanol–water partition coefficient (Wildman–Crippen LogP) is 1.93. The highest BCUT2D eigenvalue weighted by molar-refractivity contribution is 7.89. The molecule has 28 heavy (non-hydrogen) atoms. The fraction of sp³-hybridized carbons (Fsp3) is 0.500. The molecule has 0 aliphatic carbocycles. The van der Waals surface area contributed by atoms with Gasteiger partial charge in [-0.15, -0.1) is 0 Å². The fourth-order valence-corrected chi connectivity index (χ4v) is 6.22. The predicted molar refractivity (Wildman–Crippen MR) is 105 cm³/mol. The standard InChI is InChI=1S/C20H25N3O4S/c1-15-6-7-16(23-12-2-5-18(23)24)13-17(15)28(26,27)22-11-4-9-20(14-22)8-3-10-21-19(20)25/h3,6-7,10,13H,2,4-5,8-9,11-12,14H2,1H3,(H,21,25). The van der Waals surface area contributed by atoms with Crippen LogP contribution in [0.3, 0.4) is 0 Å². The van der Waals surface area contributed by atoms with Gasteiger partial charge in [0.25, 0.3) is 0 Å². The number of nitrogens with one attached hydrogen (secondary N) is 1. The van der Waals surface area contributed by atoms with E-state index in [9.17, 15) is 18.0 Å². The number of amides is 2. The first-order chi connectivity index (χ1) is 13.3. The molecule has 4 rings (SSSR count). The maximum atomic E-state index is 13.5. The SMILES string of the molecule is Cc1ccc(N2CCCC2=O)cc1S(=O)(=O)N1CCCC2(CC=CNC2=O)C1. The molecule has 8 heteroatoms. The molecule has 1 aromatic carbocycles. The Morgan fingerprint density at radius 1 is 1.14 bits per heavy atom. The maximum absolute atomic E-state index is 13.5. The van der Waals surface area contributed by atoms with Gasteiger partial charge < -0.3 is 10.2 Å². The zero-order valence-electron chi connectivity index (χ0n) is 16.0. The number of allylic oxidation sites excluding steroid dienone is 1. The molecule has 0 aromatic heterocycles. The van der Waals surface area contributed by atoms with E-state index in [2.05, 4.69) is 5.32 Å². The van der Waals surface area contributed by atoms with Crippen molar-refractivity contribution in [1.29, 1.82) is 0 Å². The van der Waals surface area contributed by atoms with Gasteiger partial charge in [0.2, 0.25) is 21.8 Å². The number of rotatable bonds is 3. The summed E-state index contributed by atoms with van der Waals surface area (Å²) in [5.41, 5.74) is 0.566. The van der Waals surface area contributed by atoms with Gasteiger partial charge in [0.1, 0.15) is 0 Å². The Morgan fingerprint density at radius 3 is 2.68 bits per heavy atom. The lowest BCUT2D eigenvalue weighted by atomic mass is 9.76. The van der Waals surface area contributed by atoms with Crippen LogP contribution in [-0.4, -0.2) is 44.2 Å². The van der Waals surface area contributed by atoms with E-state index >= 15 is 0 Å². The first kappa shape index (κ1) is 19.1. The number of piperidine rings is 1. The van der Waals surface area contributed by atoms with Crippen molar-refractivity contribution in [2.45, 2.75) is 43.9 Å². The molecule has 1 N–H and O–H groups in total. The Labute approximate surface area is 165 Å². The molecular formula is C20H25N3O4S. The summed E-state index contributed by atoms with van der Waals surface area (Å²) in [6, 6.07) is 5.16. The van der Waals surface area contributed by atoms with Crippen LogP contribution < -0.4 is 10.2 Å². The fourth-order valence-electron chi connectivity index (χ4n) is 4.41. The largest absolute Gasteiger partial charge is 0.332 e. The van der Waals surface area contributed by atoms with Gasteiger partial charge in [0.15, 0.2) is 0 Å². The summed E-state index contributed by atoms with van der Waals surface area (Å²) in [5.74, 6) is -0.0853. The van der Waals surface area contributed by atoms with Crippen molar-refractivity contribution in [2.75, 3.05) is 24.5 Å². The maximum Gasteiger partial charge on any atom is 0.243 e. The molecule has 0 bridgehead atoms. The van der Waals surface area contributed by atoms with E-state index in [1.165, 1.54) is 4.31 Å². The lowest BCUT2D eigenvalue weighted by Crippen LogP contribution is -2.53. The van der Waals surface area contributed by atoms with Gasteiger partial charge in [-0.05, 0) is 56.5 Å². The second-order valence-corrected chi connectivity index (χ2v) is 9.81. The van der Waals surface area contributed by atoms with Crippen molar-refractivity contribution in [2.24, 2.45) is 5.41 Å². The first-order valence-electron chi connectivity index (χ1n) is 9.71. The Bertz CT molecular complexity index is 956. The van der Waals surface area contributed by atoms with Crippen molar-refractivity contribution in [3.05, 3.63) is 36.0 Å². The van der Waals surface area contributed by atoms with Crippen molar-refractivity contribution in [3.8, 4) is 0 Å². The minimum atomic E-state index is -3.77. The number of carbonyl (C=O) groups is 2. The monoisotopic (exact) mass is 403 g/mol. The van der Waals surface area contributed by atoms with Crippen LogP contribution in [0.2, 0.25) is 0 Å². The summed E-state index contributed by atoms with van der Waals surface area (Å²) in [6.07, 6.45) is 6.66. The van der Waals surface area contributed by atoms with Gasteiger partial charge in [-0.3, -0.25) is 9.59 Å². The molecule has 0 radical (unpaired) electrons. The average Bonchev–Trinajstić information content (AvgIpc) is 3.11. The summed E-state index contributed by atoms with van der Waals surface area (Å²) in [6.45, 7) is 2.95. The molecule has 1 unspecified atom stereocenters. The topological polar surface area (TPSA) is 86.8 Å². The van der Waals surface area contributed by atoms with Gasteiger partial charge in [-0.25, -0.2) is 8.42 Å². The molecule has 2 amide bonds. The van der Waals surface area contributed by atoms with Crippen LogP contribution in [0.5, 0.6) is 0 Å². The van der Waals surface area contributed by atoms with E-state index in [1.807, 2.05) is 6.08 Å². The molecule has 2 fully saturated rings. The summed E-state index contributed by atoms with van der Waals surface area (Å²) in [4.78, 5) is 26.4. The molecule has 0 saturated carbocycles. The van der Waals surface area contributed by atoms with Crippen LogP contribution in [0.4, 0.5) is 5.69 Å². The molecule has 3 aliphatic rings. The lowest BCUT2D eigenvalue weighted by Gasteiger charge is -2.41. The Morgan fingerprint density at radius 2 is 1.96 bits per heavy atom. The number of aryl methyl sites for hydroxylation is 1. The number of nitrogens with zero attached hydrogens (tertiary/aromatic N) is 2. The van der Waals surface area contributed by atoms with Gasteiger partial charge in [0.05, 0.1) is 10.3 Å². The van der Waals surface area contributed by atoms with Gasteiger partial charge in [-0.2, -0.15) is 4.31 Å². The first-order valence-corrected chi connectivity index (χ1v) is 11.1. The molecule has 3 aliphatic heterocycles. The van der Waals surface area contributed by atoms with Crippen LogP contribution in [0.15, 0.2) is 35.4 Å². The third kappa shape index (κ3) is 3.14. The van der Waals surface area contributed by atoms with Crippen molar-refractivity contribution < 1.29 is 18.0 Å². The molecule has 1 spiro atoms. The zero-order chi connectivity index (χ0) is 19.9. The zero-order valence-corrected chi connectivity index (χ0v) is 16.8. The van der Waals surface area contributed by atoms with Crippen molar-refractivity contribution >= 4 is 27.5 Å². The number of hydrogen-bond donors (Lipinski definition) is 1. The number of anilines is 1. The second-order valence-electron chi connectivity index (χ2n) is 7.90. The molecule has 2 saturated heterocycles. The Hall–Kier alpha value is -2.19. The van der Waals surface area contributed by atoms with E-state index in [0.29, 0.717) is 50.0 Å². The molecule has 150 valence electrons. The highest BCUT2D eigenvalue weighted by Crippen LogP contribution is 2.38. The minimum absolute atomic E-state index is 0.0230. The molecule has 1 aromatic rings. The molecule has 7 nitrogen and oxygen atoms in total. The smallest absolute Gasteiger partial charge is 0.243 e. The minimum Gasteiger partial charge on any atom is -0.332 e. The lowest BCUT2D eigenvalue weighted by molar-refractivity contribution is -0.132. The van der Waals surface area contributed by atoms with E-state index in [1.54, 1.807) is 36.2 Å². The average molecular weight is 404 g/mol. The normalized spacial score (nSPS) is 26.1. The number of carbonyl (C=O) groups excluding carboxylic acids is 2. The molecule has 1 atom stereocenters. The van der Waals surface area contributed by atoms with Gasteiger partial charge in [0, 0.05) is 31.7 Å². The van der Waals surface area contributed by atoms with E-state index < -0.39 is 15.4 Å². The van der Waals surface area contributed by atoms with Gasteiger partial charge >= 0.3 is 0 Å². The van der Waals surface area contributed by atoms with Crippen LogP contribution >= 0.6 is 0 Å². The van der Waals surface area contributed by atoms with E-state index in [4.69, 9.17) is 0 Å². The Balaban J connectivity index is 1.67. The molecular weight excluding hydrogens is 378 g/mol. The third-order valence-corrected chi connectivity index (χ3v) is 8.03. The van der Waals surface area contributed by atoms with Crippen LogP contribution in [0.1, 0.15) is 37.7 Å². The van der Waals surface area contributed by atoms with E-state index in [0.717, 1.165) is 6.42 Å². The quantitative estimate of drug-likeness (QED) is 0.835.